The molecule has 2 aromatic rings. The Hall–Kier alpha value is -2.35. The maximum absolute atomic E-state index is 14.0. The lowest BCUT2D eigenvalue weighted by atomic mass is 9.94. The van der Waals surface area contributed by atoms with Gasteiger partial charge >= 0.3 is 0 Å². The molecule has 0 aliphatic carbocycles. The highest BCUT2D eigenvalue weighted by Crippen LogP contribution is 2.26. The highest BCUT2D eigenvalue weighted by molar-refractivity contribution is 5.40. The lowest BCUT2D eigenvalue weighted by Crippen LogP contribution is -2.36. The van der Waals surface area contributed by atoms with Crippen molar-refractivity contribution in [1.82, 2.24) is 15.0 Å². The van der Waals surface area contributed by atoms with Gasteiger partial charge in [0.2, 0.25) is 5.89 Å². The van der Waals surface area contributed by atoms with Crippen molar-refractivity contribution in [3.05, 3.63) is 51.4 Å². The quantitative estimate of drug-likeness (QED) is 0.617. The second-order valence-electron chi connectivity index (χ2n) is 6.17. The van der Waals surface area contributed by atoms with Gasteiger partial charge in [0.05, 0.1) is 10.5 Å². The first kappa shape index (κ1) is 16.5. The highest BCUT2D eigenvalue weighted by Gasteiger charge is 2.25. The van der Waals surface area contributed by atoms with Crippen LogP contribution >= 0.6 is 0 Å². The number of aryl methyl sites for hydroxylation is 1. The number of rotatable bonds is 5. The van der Waals surface area contributed by atoms with Gasteiger partial charge in [-0.3, -0.25) is 15.0 Å². The summed E-state index contributed by atoms with van der Waals surface area (Å²) in [6.45, 7) is 3.53. The number of nitro benzene ring substituents is 1. The lowest BCUT2D eigenvalue weighted by molar-refractivity contribution is -0.386. The van der Waals surface area contributed by atoms with Crippen molar-refractivity contribution in [3.8, 4) is 0 Å². The van der Waals surface area contributed by atoms with Crippen LogP contribution in [-0.2, 0) is 13.0 Å². The van der Waals surface area contributed by atoms with Crippen LogP contribution in [-0.4, -0.2) is 33.1 Å². The zero-order valence-electron chi connectivity index (χ0n) is 13.4. The van der Waals surface area contributed by atoms with E-state index in [4.69, 9.17) is 4.52 Å². The normalized spacial score (nSPS) is 18.7. The number of hydrogen-bond acceptors (Lipinski definition) is 6. The molecule has 1 aliphatic heterocycles. The third-order valence-corrected chi connectivity index (χ3v) is 4.32. The van der Waals surface area contributed by atoms with Crippen molar-refractivity contribution in [3.63, 3.8) is 0 Å². The van der Waals surface area contributed by atoms with Crippen molar-refractivity contribution in [2.24, 2.45) is 5.92 Å². The van der Waals surface area contributed by atoms with Crippen LogP contribution in [0.15, 0.2) is 22.7 Å². The highest BCUT2D eigenvalue weighted by atomic mass is 19.1. The minimum absolute atomic E-state index is 0.151. The molecule has 0 spiro atoms. The number of nitro groups is 1. The molecule has 1 fully saturated rings. The molecular weight excluding hydrogens is 315 g/mol. The molecule has 0 bridgehead atoms. The first-order valence-electron chi connectivity index (χ1n) is 7.96. The van der Waals surface area contributed by atoms with Crippen LogP contribution in [0.3, 0.4) is 0 Å². The Balaban J connectivity index is 1.68. The number of benzene rings is 1. The first-order valence-corrected chi connectivity index (χ1v) is 7.96. The number of aromatic nitrogens is 2. The van der Waals surface area contributed by atoms with Gasteiger partial charge in [-0.05, 0) is 31.4 Å². The Morgan fingerprint density at radius 2 is 2.33 bits per heavy atom. The molecule has 1 aliphatic rings. The Morgan fingerprint density at radius 3 is 3.04 bits per heavy atom. The maximum Gasteiger partial charge on any atom is 0.276 e. The fourth-order valence-corrected chi connectivity index (χ4v) is 3.24. The Morgan fingerprint density at radius 1 is 1.50 bits per heavy atom. The van der Waals surface area contributed by atoms with Gasteiger partial charge in [0, 0.05) is 32.5 Å². The topological polar surface area (TPSA) is 85.3 Å². The average Bonchev–Trinajstić information content (AvgIpc) is 2.94. The summed E-state index contributed by atoms with van der Waals surface area (Å²) in [7, 11) is 0. The fourth-order valence-electron chi connectivity index (χ4n) is 3.24. The van der Waals surface area contributed by atoms with E-state index in [9.17, 15) is 14.5 Å². The third kappa shape index (κ3) is 3.76. The van der Waals surface area contributed by atoms with Gasteiger partial charge < -0.3 is 4.52 Å². The zero-order valence-corrected chi connectivity index (χ0v) is 13.4. The molecule has 0 radical (unpaired) electrons. The number of hydrogen-bond donors (Lipinski definition) is 0. The van der Waals surface area contributed by atoms with E-state index in [0.29, 0.717) is 24.1 Å². The second-order valence-corrected chi connectivity index (χ2v) is 6.17. The standard InChI is InChI=1S/C16H19FN4O3/c1-11-18-16(19-24-11)8-12-4-3-7-20(9-12)10-13-14(17)5-2-6-15(13)21(22)23/h2,5-6,12H,3-4,7-10H2,1H3. The van der Waals surface area contributed by atoms with Gasteiger partial charge in [0.25, 0.3) is 5.69 Å². The van der Waals surface area contributed by atoms with Gasteiger partial charge in [-0.25, -0.2) is 4.39 Å². The summed E-state index contributed by atoms with van der Waals surface area (Å²) in [6.07, 6.45) is 2.69. The number of nitrogens with zero attached hydrogens (tertiary/aromatic N) is 4. The van der Waals surface area contributed by atoms with Crippen molar-refractivity contribution in [1.29, 1.82) is 0 Å². The molecule has 128 valence electrons. The predicted octanol–water partition coefficient (Wildman–Crippen LogP) is 2.88. The van der Waals surface area contributed by atoms with Gasteiger partial charge in [0.15, 0.2) is 5.82 Å². The largest absolute Gasteiger partial charge is 0.340 e. The summed E-state index contributed by atoms with van der Waals surface area (Å²) >= 11 is 0. The predicted molar refractivity (Wildman–Crippen MR) is 83.8 cm³/mol. The number of likely N-dealkylation sites (tertiary alicyclic amines) is 1. The van der Waals surface area contributed by atoms with Crippen molar-refractivity contribution in [2.75, 3.05) is 13.1 Å². The molecule has 1 unspecified atom stereocenters. The Bertz CT molecular complexity index is 734. The maximum atomic E-state index is 14.0. The molecule has 0 N–H and O–H groups in total. The Kier molecular flexibility index (Phi) is 4.84. The SMILES string of the molecule is Cc1nc(CC2CCCN(Cc3c(F)cccc3[N+](=O)[O-])C2)no1. The van der Waals surface area contributed by atoms with Crippen molar-refractivity contribution >= 4 is 5.69 Å². The lowest BCUT2D eigenvalue weighted by Gasteiger charge is -2.32. The molecular formula is C16H19FN4O3. The average molecular weight is 334 g/mol. The molecule has 1 aromatic carbocycles. The molecule has 24 heavy (non-hydrogen) atoms. The van der Waals surface area contributed by atoms with Crippen molar-refractivity contribution < 1.29 is 13.8 Å². The monoisotopic (exact) mass is 334 g/mol. The summed E-state index contributed by atoms with van der Waals surface area (Å²) in [5.74, 6) is 1.03. The van der Waals surface area contributed by atoms with Crippen LogP contribution < -0.4 is 0 Å². The molecule has 8 heteroatoms. The number of halogens is 1. The van der Waals surface area contributed by atoms with Gasteiger partial charge in [0.1, 0.15) is 5.82 Å². The van der Waals surface area contributed by atoms with Gasteiger partial charge in [-0.15, -0.1) is 0 Å². The van der Waals surface area contributed by atoms with E-state index in [-0.39, 0.29) is 17.8 Å². The van der Waals surface area contributed by atoms with Crippen LogP contribution in [0, 0.1) is 28.8 Å². The summed E-state index contributed by atoms with van der Waals surface area (Å²) < 4.78 is 19.0. The summed E-state index contributed by atoms with van der Waals surface area (Å²) in [5, 5.41) is 15.0. The molecule has 3 rings (SSSR count). The van der Waals surface area contributed by atoms with Gasteiger partial charge in [-0.1, -0.05) is 11.2 Å². The number of piperidine rings is 1. The summed E-state index contributed by atoms with van der Waals surface area (Å²) in [4.78, 5) is 16.9. The zero-order chi connectivity index (χ0) is 17.1. The van der Waals surface area contributed by atoms with E-state index in [0.717, 1.165) is 25.9 Å². The molecule has 1 atom stereocenters. The minimum atomic E-state index is -0.528. The van der Waals surface area contributed by atoms with E-state index in [1.807, 2.05) is 0 Å². The van der Waals surface area contributed by atoms with Gasteiger partial charge in [-0.2, -0.15) is 4.98 Å². The van der Waals surface area contributed by atoms with E-state index >= 15 is 0 Å². The summed E-state index contributed by atoms with van der Waals surface area (Å²) in [5.41, 5.74) is -0.00975. The van der Waals surface area contributed by atoms with Crippen molar-refractivity contribution in [2.45, 2.75) is 32.7 Å². The van der Waals surface area contributed by atoms with E-state index in [2.05, 4.69) is 15.0 Å². The third-order valence-electron chi connectivity index (χ3n) is 4.32. The van der Waals surface area contributed by atoms with Crippen LogP contribution in [0.4, 0.5) is 10.1 Å². The van der Waals surface area contributed by atoms with E-state index < -0.39 is 10.7 Å². The van der Waals surface area contributed by atoms with E-state index in [1.54, 1.807) is 6.92 Å². The smallest absolute Gasteiger partial charge is 0.276 e. The van der Waals surface area contributed by atoms with Crippen LogP contribution in [0.1, 0.15) is 30.1 Å². The van der Waals surface area contributed by atoms with Crippen LogP contribution in [0.5, 0.6) is 0 Å². The first-order chi connectivity index (χ1) is 11.5. The van der Waals surface area contributed by atoms with E-state index in [1.165, 1.54) is 18.2 Å². The molecule has 1 aromatic heterocycles. The molecule has 1 saturated heterocycles. The molecule has 0 saturated carbocycles. The van der Waals surface area contributed by atoms with Crippen LogP contribution in [0.2, 0.25) is 0 Å². The second kappa shape index (κ2) is 7.04. The molecule has 0 amide bonds. The molecule has 2 heterocycles. The fraction of sp³-hybridized carbons (Fsp3) is 0.500. The van der Waals surface area contributed by atoms with Crippen LogP contribution in [0.25, 0.3) is 0 Å². The Labute approximate surface area is 138 Å². The minimum Gasteiger partial charge on any atom is -0.340 e. The molecule has 7 nitrogen and oxygen atoms in total. The summed E-state index contributed by atoms with van der Waals surface area (Å²) in [6, 6.07) is 3.99.